The molecule has 0 saturated carbocycles. The molecule has 3 rings (SSSR count). The fraction of sp³-hybridized carbons (Fsp3) is 0.278. The lowest BCUT2D eigenvalue weighted by atomic mass is 10.1. The van der Waals surface area contributed by atoms with Crippen LogP contribution in [0.1, 0.15) is 24.7 Å². The second kappa shape index (κ2) is 7.65. The molecular formula is C18H21N5. The zero-order valence-electron chi connectivity index (χ0n) is 13.3. The molecule has 1 atom stereocenters. The van der Waals surface area contributed by atoms with Gasteiger partial charge in [0.05, 0.1) is 12.2 Å². The number of aryl methyl sites for hydroxylation is 1. The number of benzene rings is 1. The van der Waals surface area contributed by atoms with Crippen LogP contribution >= 0.6 is 0 Å². The van der Waals surface area contributed by atoms with E-state index in [1.807, 2.05) is 42.7 Å². The van der Waals surface area contributed by atoms with E-state index < -0.39 is 0 Å². The van der Waals surface area contributed by atoms with Crippen molar-refractivity contribution in [1.29, 1.82) is 0 Å². The van der Waals surface area contributed by atoms with Gasteiger partial charge in [-0.1, -0.05) is 18.2 Å². The molecule has 2 heterocycles. The normalized spacial score (nSPS) is 12.2. The third-order valence-electron chi connectivity index (χ3n) is 3.78. The highest BCUT2D eigenvalue weighted by atomic mass is 15.3. The minimum Gasteiger partial charge on any atom is -0.307 e. The Morgan fingerprint density at radius 3 is 2.65 bits per heavy atom. The Kier molecular flexibility index (Phi) is 5.11. The number of para-hydroxylation sites is 1. The van der Waals surface area contributed by atoms with E-state index in [4.69, 9.17) is 0 Å². The molecule has 0 saturated heterocycles. The minimum absolute atomic E-state index is 0.409. The van der Waals surface area contributed by atoms with Crippen molar-refractivity contribution in [2.24, 2.45) is 0 Å². The first kappa shape index (κ1) is 15.4. The predicted octanol–water partition coefficient (Wildman–Crippen LogP) is 2.77. The number of aromatic nitrogens is 4. The first-order chi connectivity index (χ1) is 11.3. The molecule has 118 valence electrons. The lowest BCUT2D eigenvalue weighted by Gasteiger charge is -2.12. The summed E-state index contributed by atoms with van der Waals surface area (Å²) < 4.78 is 1.80. The van der Waals surface area contributed by atoms with Crippen LogP contribution < -0.4 is 5.32 Å². The van der Waals surface area contributed by atoms with Gasteiger partial charge in [0.1, 0.15) is 6.33 Å². The van der Waals surface area contributed by atoms with Crippen molar-refractivity contribution >= 4 is 0 Å². The lowest BCUT2D eigenvalue weighted by Crippen LogP contribution is -2.26. The van der Waals surface area contributed by atoms with Crippen LogP contribution in [0.25, 0.3) is 5.69 Å². The molecule has 0 fully saturated rings. The summed E-state index contributed by atoms with van der Waals surface area (Å²) in [5, 5.41) is 7.99. The molecule has 5 nitrogen and oxygen atoms in total. The third kappa shape index (κ3) is 4.47. The zero-order valence-corrected chi connectivity index (χ0v) is 13.3. The van der Waals surface area contributed by atoms with Crippen LogP contribution in [0.5, 0.6) is 0 Å². The summed E-state index contributed by atoms with van der Waals surface area (Å²) in [5.41, 5.74) is 2.34. The summed E-state index contributed by atoms with van der Waals surface area (Å²) in [5.74, 6) is 0.810. The highest BCUT2D eigenvalue weighted by molar-refractivity contribution is 5.29. The van der Waals surface area contributed by atoms with E-state index >= 15 is 0 Å². The van der Waals surface area contributed by atoms with Crippen LogP contribution in [-0.4, -0.2) is 25.8 Å². The molecule has 1 unspecified atom stereocenters. The second-order valence-corrected chi connectivity index (χ2v) is 5.62. The summed E-state index contributed by atoms with van der Waals surface area (Å²) in [6.07, 6.45) is 7.56. The Labute approximate surface area is 136 Å². The van der Waals surface area contributed by atoms with Gasteiger partial charge in [-0.05, 0) is 49.6 Å². The van der Waals surface area contributed by atoms with E-state index in [2.05, 4.69) is 39.4 Å². The van der Waals surface area contributed by atoms with Gasteiger partial charge in [-0.3, -0.25) is 4.98 Å². The fourth-order valence-corrected chi connectivity index (χ4v) is 2.38. The predicted molar refractivity (Wildman–Crippen MR) is 90.2 cm³/mol. The Balaban J connectivity index is 1.48. The van der Waals surface area contributed by atoms with Crippen LogP contribution in [0.3, 0.4) is 0 Å². The first-order valence-corrected chi connectivity index (χ1v) is 7.89. The van der Waals surface area contributed by atoms with E-state index in [1.165, 1.54) is 5.56 Å². The summed E-state index contributed by atoms with van der Waals surface area (Å²) in [7, 11) is 0. The number of nitrogens with one attached hydrogen (secondary N) is 1. The average molecular weight is 307 g/mol. The second-order valence-electron chi connectivity index (χ2n) is 5.62. The van der Waals surface area contributed by atoms with Crippen molar-refractivity contribution in [3.8, 4) is 5.69 Å². The number of pyridine rings is 1. The maximum atomic E-state index is 4.51. The van der Waals surface area contributed by atoms with Crippen molar-refractivity contribution in [2.45, 2.75) is 32.4 Å². The Morgan fingerprint density at radius 2 is 1.87 bits per heavy atom. The Bertz CT molecular complexity index is 709. The van der Waals surface area contributed by atoms with Gasteiger partial charge in [-0.2, -0.15) is 0 Å². The van der Waals surface area contributed by atoms with E-state index in [9.17, 15) is 0 Å². The maximum absolute atomic E-state index is 4.51. The van der Waals surface area contributed by atoms with Crippen LogP contribution in [0.15, 0.2) is 61.2 Å². The van der Waals surface area contributed by atoms with Crippen LogP contribution in [0.2, 0.25) is 0 Å². The van der Waals surface area contributed by atoms with Crippen molar-refractivity contribution in [3.63, 3.8) is 0 Å². The molecule has 23 heavy (non-hydrogen) atoms. The summed E-state index contributed by atoms with van der Waals surface area (Å²) in [4.78, 5) is 8.41. The first-order valence-electron chi connectivity index (χ1n) is 7.89. The highest BCUT2D eigenvalue weighted by Crippen LogP contribution is 2.06. The molecule has 0 amide bonds. The Hall–Kier alpha value is -2.53. The van der Waals surface area contributed by atoms with Crippen LogP contribution in [0.4, 0.5) is 0 Å². The van der Waals surface area contributed by atoms with Gasteiger partial charge in [0.2, 0.25) is 0 Å². The number of hydrogen-bond acceptors (Lipinski definition) is 4. The fourth-order valence-electron chi connectivity index (χ4n) is 2.38. The minimum atomic E-state index is 0.409. The molecule has 0 aliphatic heterocycles. The number of rotatable bonds is 7. The molecule has 0 aliphatic carbocycles. The largest absolute Gasteiger partial charge is 0.307 e. The summed E-state index contributed by atoms with van der Waals surface area (Å²) >= 11 is 0. The zero-order chi connectivity index (χ0) is 15.9. The Morgan fingerprint density at radius 1 is 1.09 bits per heavy atom. The monoisotopic (exact) mass is 307 g/mol. The van der Waals surface area contributed by atoms with Gasteiger partial charge in [0, 0.05) is 18.4 Å². The van der Waals surface area contributed by atoms with Gasteiger partial charge >= 0.3 is 0 Å². The van der Waals surface area contributed by atoms with E-state index in [0.717, 1.165) is 24.4 Å². The SMILES string of the molecule is CC(CCc1ccncc1)NCc1ncn(-c2ccccc2)n1. The highest BCUT2D eigenvalue weighted by Gasteiger charge is 2.06. The average Bonchev–Trinajstić information content (AvgIpc) is 3.09. The molecule has 0 radical (unpaired) electrons. The molecule has 1 N–H and O–H groups in total. The van der Waals surface area contributed by atoms with Gasteiger partial charge in [0.25, 0.3) is 0 Å². The van der Waals surface area contributed by atoms with E-state index in [0.29, 0.717) is 12.6 Å². The molecule has 5 heteroatoms. The molecule has 3 aromatic rings. The van der Waals surface area contributed by atoms with Crippen LogP contribution in [0, 0.1) is 0 Å². The molecular weight excluding hydrogens is 286 g/mol. The van der Waals surface area contributed by atoms with E-state index in [1.54, 1.807) is 11.0 Å². The molecule has 0 bridgehead atoms. The molecule has 1 aromatic carbocycles. The topological polar surface area (TPSA) is 55.6 Å². The van der Waals surface area contributed by atoms with Crippen molar-refractivity contribution in [2.75, 3.05) is 0 Å². The number of nitrogens with zero attached hydrogens (tertiary/aromatic N) is 4. The summed E-state index contributed by atoms with van der Waals surface area (Å²) in [6.45, 7) is 2.87. The van der Waals surface area contributed by atoms with Crippen LogP contribution in [-0.2, 0) is 13.0 Å². The van der Waals surface area contributed by atoms with Gasteiger partial charge in [0.15, 0.2) is 5.82 Å². The quantitative estimate of drug-likeness (QED) is 0.729. The molecule has 2 aromatic heterocycles. The van der Waals surface area contributed by atoms with Crippen molar-refractivity contribution < 1.29 is 0 Å². The molecule has 0 spiro atoms. The van der Waals surface area contributed by atoms with Crippen molar-refractivity contribution in [3.05, 3.63) is 72.6 Å². The van der Waals surface area contributed by atoms with Gasteiger partial charge in [-0.25, -0.2) is 9.67 Å². The smallest absolute Gasteiger partial charge is 0.164 e. The van der Waals surface area contributed by atoms with Crippen molar-refractivity contribution in [1.82, 2.24) is 25.1 Å². The standard InChI is InChI=1S/C18H21N5/c1-15(7-8-16-9-11-19-12-10-16)20-13-18-21-14-23(22-18)17-5-3-2-4-6-17/h2-6,9-12,14-15,20H,7-8,13H2,1H3. The lowest BCUT2D eigenvalue weighted by molar-refractivity contribution is 0.504. The molecule has 0 aliphatic rings. The summed E-state index contributed by atoms with van der Waals surface area (Å²) in [6, 6.07) is 14.6. The van der Waals surface area contributed by atoms with Gasteiger partial charge < -0.3 is 5.32 Å². The maximum Gasteiger partial charge on any atom is 0.164 e. The third-order valence-corrected chi connectivity index (χ3v) is 3.78. The number of hydrogen-bond donors (Lipinski definition) is 1. The van der Waals surface area contributed by atoms with Gasteiger partial charge in [-0.15, -0.1) is 5.10 Å². The van der Waals surface area contributed by atoms with E-state index in [-0.39, 0.29) is 0 Å².